The molecule has 0 fully saturated rings. The van der Waals surface area contributed by atoms with E-state index in [1.807, 2.05) is 53.9 Å². The lowest BCUT2D eigenvalue weighted by atomic mass is 10.1. The first kappa shape index (κ1) is 19.3. The number of hydrogen-bond acceptors (Lipinski definition) is 4. The second-order valence-corrected chi connectivity index (χ2v) is 8.22. The Morgan fingerprint density at radius 3 is 2.61 bits per heavy atom. The Morgan fingerprint density at radius 1 is 0.968 bits per heavy atom. The minimum Gasteiger partial charge on any atom is -0.457 e. The molecular weight excluding hydrogens is 424 g/mol. The molecule has 0 saturated carbocycles. The maximum atomic E-state index is 9.72. The van der Waals surface area contributed by atoms with E-state index >= 15 is 0 Å². The van der Waals surface area contributed by atoms with Crippen molar-refractivity contribution in [3.63, 3.8) is 0 Å². The molecule has 0 bridgehead atoms. The van der Waals surface area contributed by atoms with Gasteiger partial charge in [0.1, 0.15) is 22.6 Å². The summed E-state index contributed by atoms with van der Waals surface area (Å²) >= 11 is 7.70. The van der Waals surface area contributed by atoms with E-state index in [0.29, 0.717) is 27.1 Å². The molecule has 0 spiro atoms. The van der Waals surface area contributed by atoms with E-state index in [1.165, 1.54) is 16.7 Å². The Balaban J connectivity index is 1.46. The third kappa shape index (κ3) is 3.89. The van der Waals surface area contributed by atoms with Gasteiger partial charge in [-0.05, 0) is 41.1 Å². The third-order valence-corrected chi connectivity index (χ3v) is 6.16. The molecule has 2 aromatic heterocycles. The molecule has 148 valence electrons. The van der Waals surface area contributed by atoms with E-state index in [2.05, 4.69) is 36.4 Å². The molecule has 0 amide bonds. The smallest absolute Gasteiger partial charge is 0.136 e. The number of thiazole rings is 1. The number of hydrogen-bond donors (Lipinski definition) is 0. The molecule has 0 aliphatic carbocycles. The van der Waals surface area contributed by atoms with Crippen molar-refractivity contribution in [1.29, 1.82) is 5.26 Å². The summed E-state index contributed by atoms with van der Waals surface area (Å²) in [5, 5.41) is 15.3. The lowest BCUT2D eigenvalue weighted by molar-refractivity contribution is 0.572. The lowest BCUT2D eigenvalue weighted by Crippen LogP contribution is -1.83. The highest BCUT2D eigenvalue weighted by Crippen LogP contribution is 2.32. The van der Waals surface area contributed by atoms with Gasteiger partial charge < -0.3 is 4.42 Å². The van der Waals surface area contributed by atoms with Crippen LogP contribution >= 0.6 is 22.9 Å². The predicted molar refractivity (Wildman–Crippen MR) is 128 cm³/mol. The molecule has 5 heteroatoms. The second kappa shape index (κ2) is 8.23. The van der Waals surface area contributed by atoms with Gasteiger partial charge in [0.2, 0.25) is 0 Å². The zero-order valence-electron chi connectivity index (χ0n) is 16.2. The summed E-state index contributed by atoms with van der Waals surface area (Å²) in [5.74, 6) is 1.24. The number of fused-ring (bicyclic) bond motifs is 1. The first-order chi connectivity index (χ1) is 15.2. The van der Waals surface area contributed by atoms with E-state index in [-0.39, 0.29) is 0 Å². The van der Waals surface area contributed by atoms with Gasteiger partial charge in [0.15, 0.2) is 0 Å². The Labute approximate surface area is 188 Å². The van der Waals surface area contributed by atoms with Gasteiger partial charge in [-0.15, -0.1) is 11.3 Å². The van der Waals surface area contributed by atoms with Crippen LogP contribution in [0, 0.1) is 11.3 Å². The zero-order chi connectivity index (χ0) is 21.2. The number of halogens is 1. The number of aromatic nitrogens is 1. The fourth-order valence-electron chi connectivity index (χ4n) is 3.40. The van der Waals surface area contributed by atoms with Crippen molar-refractivity contribution in [2.24, 2.45) is 0 Å². The van der Waals surface area contributed by atoms with Gasteiger partial charge in [0.05, 0.1) is 16.3 Å². The highest BCUT2D eigenvalue weighted by molar-refractivity contribution is 7.11. The van der Waals surface area contributed by atoms with E-state index in [9.17, 15) is 5.26 Å². The van der Waals surface area contributed by atoms with Crippen molar-refractivity contribution in [3.8, 4) is 28.7 Å². The van der Waals surface area contributed by atoms with E-state index in [0.717, 1.165) is 22.2 Å². The molecule has 3 nitrogen and oxygen atoms in total. The van der Waals surface area contributed by atoms with Crippen LogP contribution in [0.2, 0.25) is 5.02 Å². The minimum atomic E-state index is 0.456. The Bertz CT molecular complexity index is 1470. The molecule has 0 aliphatic rings. The zero-order valence-corrected chi connectivity index (χ0v) is 17.8. The van der Waals surface area contributed by atoms with Crippen LogP contribution in [-0.2, 0) is 0 Å². The summed E-state index contributed by atoms with van der Waals surface area (Å²) in [5.41, 5.74) is 3.15. The number of nitriles is 1. The molecule has 3 aromatic carbocycles. The Hall–Kier alpha value is -3.65. The molecule has 31 heavy (non-hydrogen) atoms. The quantitative estimate of drug-likeness (QED) is 0.267. The van der Waals surface area contributed by atoms with Gasteiger partial charge in [-0.3, -0.25) is 0 Å². The summed E-state index contributed by atoms with van der Waals surface area (Å²) in [6, 6.07) is 27.9. The van der Waals surface area contributed by atoms with Crippen LogP contribution in [0.15, 0.2) is 88.7 Å². The fourth-order valence-corrected chi connectivity index (χ4v) is 4.42. The largest absolute Gasteiger partial charge is 0.457 e. The van der Waals surface area contributed by atoms with Crippen LogP contribution in [0.4, 0.5) is 0 Å². The number of furan rings is 1. The average Bonchev–Trinajstić information content (AvgIpc) is 3.47. The topological polar surface area (TPSA) is 49.8 Å². The summed E-state index contributed by atoms with van der Waals surface area (Å²) in [6.07, 6.45) is 1.71. The van der Waals surface area contributed by atoms with Crippen molar-refractivity contribution >= 4 is 45.4 Å². The maximum absolute atomic E-state index is 9.72. The normalized spacial score (nSPS) is 11.5. The lowest BCUT2D eigenvalue weighted by Gasteiger charge is -2.01. The SMILES string of the molecule is N#C/C(=C\c1ccc(-c2ccccc2Cl)o1)c1nc(-c2ccc3ccccc3c2)cs1. The van der Waals surface area contributed by atoms with Crippen LogP contribution in [0.25, 0.3) is 45.0 Å². The van der Waals surface area contributed by atoms with Gasteiger partial charge in [-0.2, -0.15) is 5.26 Å². The van der Waals surface area contributed by atoms with Gasteiger partial charge in [0, 0.05) is 22.6 Å². The van der Waals surface area contributed by atoms with Crippen molar-refractivity contribution in [1.82, 2.24) is 4.98 Å². The van der Waals surface area contributed by atoms with Gasteiger partial charge in [0.25, 0.3) is 0 Å². The highest BCUT2D eigenvalue weighted by atomic mass is 35.5. The third-order valence-electron chi connectivity index (χ3n) is 4.95. The molecular formula is C26H15ClN2OS. The average molecular weight is 439 g/mol. The van der Waals surface area contributed by atoms with Crippen LogP contribution < -0.4 is 0 Å². The Kier molecular flexibility index (Phi) is 5.13. The molecule has 5 rings (SSSR count). The predicted octanol–water partition coefficient (Wildman–Crippen LogP) is 7.94. The van der Waals surface area contributed by atoms with Gasteiger partial charge in [-0.25, -0.2) is 4.98 Å². The van der Waals surface area contributed by atoms with Crippen molar-refractivity contribution < 1.29 is 4.42 Å². The van der Waals surface area contributed by atoms with E-state index in [4.69, 9.17) is 21.0 Å². The molecule has 2 heterocycles. The van der Waals surface area contributed by atoms with Gasteiger partial charge >= 0.3 is 0 Å². The van der Waals surface area contributed by atoms with Crippen LogP contribution in [-0.4, -0.2) is 4.98 Å². The highest BCUT2D eigenvalue weighted by Gasteiger charge is 2.12. The number of rotatable bonds is 4. The maximum Gasteiger partial charge on any atom is 0.136 e. The van der Waals surface area contributed by atoms with Gasteiger partial charge in [-0.1, -0.05) is 60.1 Å². The first-order valence-electron chi connectivity index (χ1n) is 9.63. The van der Waals surface area contributed by atoms with Crippen LogP contribution in [0.3, 0.4) is 0 Å². The van der Waals surface area contributed by atoms with Crippen molar-refractivity contribution in [3.05, 3.63) is 100 Å². The summed E-state index contributed by atoms with van der Waals surface area (Å²) in [6.45, 7) is 0. The first-order valence-corrected chi connectivity index (χ1v) is 10.9. The minimum absolute atomic E-state index is 0.456. The standard InChI is InChI=1S/C26H15ClN2OS/c27-23-8-4-3-7-22(23)25-12-11-21(30-25)14-20(15-28)26-29-24(16-31-26)19-10-9-17-5-1-2-6-18(17)13-19/h1-14,16H/b20-14+. The molecule has 0 radical (unpaired) electrons. The fraction of sp³-hybridized carbons (Fsp3) is 0. The number of nitrogens with zero attached hydrogens (tertiary/aromatic N) is 2. The van der Waals surface area contributed by atoms with Crippen LogP contribution in [0.5, 0.6) is 0 Å². The molecule has 0 atom stereocenters. The van der Waals surface area contributed by atoms with E-state index < -0.39 is 0 Å². The molecule has 0 saturated heterocycles. The molecule has 0 aliphatic heterocycles. The Morgan fingerprint density at radius 2 is 1.77 bits per heavy atom. The van der Waals surface area contributed by atoms with E-state index in [1.54, 1.807) is 6.08 Å². The summed E-state index contributed by atoms with van der Waals surface area (Å²) in [7, 11) is 0. The molecule has 0 N–H and O–H groups in total. The molecule has 5 aromatic rings. The van der Waals surface area contributed by atoms with Crippen LogP contribution in [0.1, 0.15) is 10.8 Å². The summed E-state index contributed by atoms with van der Waals surface area (Å²) < 4.78 is 5.91. The monoisotopic (exact) mass is 438 g/mol. The van der Waals surface area contributed by atoms with Crippen molar-refractivity contribution in [2.75, 3.05) is 0 Å². The van der Waals surface area contributed by atoms with Crippen molar-refractivity contribution in [2.45, 2.75) is 0 Å². The number of allylic oxidation sites excluding steroid dienone is 1. The summed E-state index contributed by atoms with van der Waals surface area (Å²) in [4.78, 5) is 4.70. The number of benzene rings is 3. The second-order valence-electron chi connectivity index (χ2n) is 6.95. The molecule has 0 unspecified atom stereocenters.